The van der Waals surface area contributed by atoms with Crippen LogP contribution in [0.1, 0.15) is 101 Å². The molecule has 3 heteroatoms. The zero-order valence-electron chi connectivity index (χ0n) is 28.1. The summed E-state index contributed by atoms with van der Waals surface area (Å²) in [5.74, 6) is 2.14. The summed E-state index contributed by atoms with van der Waals surface area (Å²) in [6.07, 6.45) is 16.5. The summed E-state index contributed by atoms with van der Waals surface area (Å²) in [6, 6.07) is 42.8. The highest BCUT2D eigenvalue weighted by atomic mass is 32.2. The molecule has 0 saturated carbocycles. The van der Waals surface area contributed by atoms with Gasteiger partial charge in [0.15, 0.2) is 5.75 Å². The Morgan fingerprint density at radius 1 is 0.489 bits per heavy atom. The van der Waals surface area contributed by atoms with Crippen LogP contribution in [0.15, 0.2) is 121 Å². The van der Waals surface area contributed by atoms with Gasteiger partial charge in [0.25, 0.3) is 0 Å². The Balaban J connectivity index is 0.000000246. The van der Waals surface area contributed by atoms with Crippen molar-refractivity contribution in [3.05, 3.63) is 127 Å². The average molecular weight is 621 g/mol. The number of carbonyl (C=O) groups excluding carboxylic acids is 1. The molecule has 0 aliphatic heterocycles. The highest BCUT2D eigenvalue weighted by Gasteiger charge is 2.28. The van der Waals surface area contributed by atoms with Crippen LogP contribution in [0, 0.1) is 0 Å². The van der Waals surface area contributed by atoms with Crippen LogP contribution in [-0.2, 0) is 11.8 Å². The van der Waals surface area contributed by atoms with E-state index in [0.29, 0.717) is 5.75 Å². The SMILES string of the molecule is CCCCCCCCCCCC[SH+]CC(=O)c1ccccc1.CCCC[B-](c1ccccc1)(c1ccccc1)c1ccccc1. The molecule has 0 fully saturated rings. The Bertz CT molecular complexity index is 1180. The lowest BCUT2D eigenvalue weighted by atomic mass is 9.14. The van der Waals surface area contributed by atoms with Crippen LogP contribution in [0.25, 0.3) is 0 Å². The quantitative estimate of drug-likeness (QED) is 0.0316. The fraction of sp³-hybridized carbons (Fsp3) is 0.405. The minimum absolute atomic E-state index is 0.286. The zero-order chi connectivity index (χ0) is 31.8. The normalized spacial score (nSPS) is 11.1. The molecule has 4 aromatic rings. The second-order valence-electron chi connectivity index (χ2n) is 12.5. The van der Waals surface area contributed by atoms with E-state index < -0.39 is 6.15 Å². The van der Waals surface area contributed by atoms with Crippen molar-refractivity contribution in [2.45, 2.75) is 97.2 Å². The molecule has 0 atom stereocenters. The second kappa shape index (κ2) is 22.5. The maximum atomic E-state index is 11.9. The summed E-state index contributed by atoms with van der Waals surface area (Å²) in [6.45, 7) is 4.55. The highest BCUT2D eigenvalue weighted by Crippen LogP contribution is 2.16. The van der Waals surface area contributed by atoms with Gasteiger partial charge in [-0.05, 0) is 24.6 Å². The Morgan fingerprint density at radius 3 is 1.29 bits per heavy atom. The fourth-order valence-corrected chi connectivity index (χ4v) is 7.53. The molecule has 0 aliphatic rings. The number of hydrogen-bond donors (Lipinski definition) is 0. The molecule has 0 spiro atoms. The van der Waals surface area contributed by atoms with Crippen molar-refractivity contribution in [2.75, 3.05) is 11.5 Å². The number of benzene rings is 4. The molecule has 0 heterocycles. The largest absolute Gasteiger partial charge is 0.289 e. The average Bonchev–Trinajstić information content (AvgIpc) is 3.11. The minimum Gasteiger partial charge on any atom is -0.289 e. The maximum Gasteiger partial charge on any atom is 0.211 e. The molecule has 0 radical (unpaired) electrons. The number of hydrogen-bond acceptors (Lipinski definition) is 1. The molecule has 0 amide bonds. The number of ketones is 1. The summed E-state index contributed by atoms with van der Waals surface area (Å²) in [7, 11) is 0. The zero-order valence-corrected chi connectivity index (χ0v) is 29.0. The molecular formula is C42H57BOS. The molecule has 0 N–H and O–H groups in total. The van der Waals surface area contributed by atoms with Gasteiger partial charge in [0.1, 0.15) is 5.75 Å². The van der Waals surface area contributed by atoms with Crippen molar-refractivity contribution in [3.8, 4) is 0 Å². The summed E-state index contributed by atoms with van der Waals surface area (Å²) in [5.41, 5.74) is 5.19. The van der Waals surface area contributed by atoms with E-state index in [1.165, 1.54) is 117 Å². The van der Waals surface area contributed by atoms with Gasteiger partial charge in [-0.1, -0.05) is 199 Å². The third kappa shape index (κ3) is 12.7. The van der Waals surface area contributed by atoms with Crippen molar-refractivity contribution in [1.82, 2.24) is 0 Å². The summed E-state index contributed by atoms with van der Waals surface area (Å²) in [5, 5.41) is 0. The van der Waals surface area contributed by atoms with Gasteiger partial charge in [0.2, 0.25) is 5.78 Å². The number of Topliss-reactive ketones (excluding diaryl/α,β-unsaturated/α-hetero) is 1. The first-order valence-corrected chi connectivity index (χ1v) is 19.0. The number of carbonyl (C=O) groups is 1. The first-order chi connectivity index (χ1) is 22.2. The topological polar surface area (TPSA) is 17.1 Å². The molecule has 0 saturated heterocycles. The number of rotatable bonds is 20. The first-order valence-electron chi connectivity index (χ1n) is 17.8. The molecule has 240 valence electrons. The third-order valence-corrected chi connectivity index (χ3v) is 10.3. The third-order valence-electron chi connectivity index (χ3n) is 9.12. The molecule has 1 nitrogen and oxygen atoms in total. The molecular weight excluding hydrogens is 563 g/mol. The molecule has 0 aliphatic carbocycles. The monoisotopic (exact) mass is 620 g/mol. The van der Waals surface area contributed by atoms with Crippen LogP contribution in [0.5, 0.6) is 0 Å². The van der Waals surface area contributed by atoms with Gasteiger partial charge in [0.05, 0.1) is 6.15 Å². The van der Waals surface area contributed by atoms with E-state index in [1.54, 1.807) is 0 Å². The van der Waals surface area contributed by atoms with Crippen LogP contribution in [0.3, 0.4) is 0 Å². The summed E-state index contributed by atoms with van der Waals surface area (Å²) < 4.78 is 0. The second-order valence-corrected chi connectivity index (χ2v) is 13.7. The van der Waals surface area contributed by atoms with Crippen molar-refractivity contribution in [3.63, 3.8) is 0 Å². The number of unbranched alkanes of at least 4 members (excludes halogenated alkanes) is 10. The maximum absolute atomic E-state index is 11.9. The van der Waals surface area contributed by atoms with E-state index in [9.17, 15) is 4.79 Å². The van der Waals surface area contributed by atoms with Gasteiger partial charge < -0.3 is 0 Å². The molecule has 0 unspecified atom stereocenters. The van der Waals surface area contributed by atoms with Gasteiger partial charge in [-0.2, -0.15) is 22.7 Å². The fourth-order valence-electron chi connectivity index (χ4n) is 6.54. The lowest BCUT2D eigenvalue weighted by molar-refractivity contribution is 0.102. The standard InChI is InChI=1S/C22H24B.C20H32OS/c1-2-3-19-23(20-13-7-4-8-14-20,21-15-9-5-10-16-21)22-17-11-6-12-18-22;1-2-3-4-5-6-7-8-9-10-14-17-22-18-20(21)19-15-12-11-13-16-19/h4-18H,2-3,19H2,1H3;11-13,15-16H,2-10,14,17-18H2,1H3/q-1;/p+1. The van der Waals surface area contributed by atoms with E-state index in [1.807, 2.05) is 30.3 Å². The first kappa shape index (κ1) is 36.4. The lowest BCUT2D eigenvalue weighted by Gasteiger charge is -2.43. The number of thiol groups is 1. The lowest BCUT2D eigenvalue weighted by Crippen LogP contribution is -2.66. The molecule has 4 rings (SSSR count). The van der Waals surface area contributed by atoms with E-state index in [4.69, 9.17) is 0 Å². The summed E-state index contributed by atoms with van der Waals surface area (Å²) in [4.78, 5) is 11.9. The van der Waals surface area contributed by atoms with Gasteiger partial charge in [0, 0.05) is 5.56 Å². The summed E-state index contributed by atoms with van der Waals surface area (Å²) >= 11 is 1.29. The highest BCUT2D eigenvalue weighted by molar-refractivity contribution is 7.79. The molecule has 0 aromatic heterocycles. The smallest absolute Gasteiger partial charge is 0.211 e. The predicted octanol–water partition coefficient (Wildman–Crippen LogP) is 9.56. The van der Waals surface area contributed by atoms with Crippen molar-refractivity contribution in [2.24, 2.45) is 0 Å². The molecule has 0 bridgehead atoms. The van der Waals surface area contributed by atoms with Crippen molar-refractivity contribution in [1.29, 1.82) is 0 Å². The van der Waals surface area contributed by atoms with Crippen LogP contribution >= 0.6 is 0 Å². The van der Waals surface area contributed by atoms with Crippen molar-refractivity contribution >= 4 is 40.1 Å². The van der Waals surface area contributed by atoms with Gasteiger partial charge in [-0.15, -0.1) is 0 Å². The Labute approximate surface area is 279 Å². The Kier molecular flexibility index (Phi) is 18.2. The van der Waals surface area contributed by atoms with Gasteiger partial charge >= 0.3 is 0 Å². The van der Waals surface area contributed by atoms with Crippen LogP contribution in [0.4, 0.5) is 0 Å². The molecule has 45 heavy (non-hydrogen) atoms. The van der Waals surface area contributed by atoms with Crippen LogP contribution < -0.4 is 16.4 Å². The van der Waals surface area contributed by atoms with E-state index in [0.717, 1.165) is 5.56 Å². The molecule has 4 aromatic carbocycles. The Morgan fingerprint density at radius 2 is 0.867 bits per heavy atom. The van der Waals surface area contributed by atoms with Crippen molar-refractivity contribution < 1.29 is 4.79 Å². The van der Waals surface area contributed by atoms with Crippen LogP contribution in [0.2, 0.25) is 6.32 Å². The Hall–Kier alpha value is -3.04. The van der Waals surface area contributed by atoms with Gasteiger partial charge in [-0.25, -0.2) is 0 Å². The predicted molar refractivity (Wildman–Crippen MR) is 205 cm³/mol. The van der Waals surface area contributed by atoms with E-state index in [2.05, 4.69) is 105 Å². The van der Waals surface area contributed by atoms with Crippen LogP contribution in [-0.4, -0.2) is 23.4 Å². The van der Waals surface area contributed by atoms with E-state index >= 15 is 0 Å². The minimum atomic E-state index is -0.913. The van der Waals surface area contributed by atoms with E-state index in [-0.39, 0.29) is 5.78 Å². The van der Waals surface area contributed by atoms with Gasteiger partial charge in [-0.3, -0.25) is 4.79 Å².